The van der Waals surface area contributed by atoms with Crippen molar-refractivity contribution in [3.8, 4) is 0 Å². The Hall–Kier alpha value is -0.960. The maximum atomic E-state index is 4.28. The molecule has 2 aromatic rings. The van der Waals surface area contributed by atoms with Gasteiger partial charge in [-0.25, -0.2) is 0 Å². The van der Waals surface area contributed by atoms with Gasteiger partial charge in [0.05, 0.1) is 11.0 Å². The van der Waals surface area contributed by atoms with Crippen LogP contribution in [0.25, 0.3) is 11.0 Å². The highest BCUT2D eigenvalue weighted by molar-refractivity contribution is 9.09. The van der Waals surface area contributed by atoms with Crippen molar-refractivity contribution in [2.24, 2.45) is 0 Å². The quantitative estimate of drug-likeness (QED) is 0.784. The van der Waals surface area contributed by atoms with Gasteiger partial charge in [-0.15, -0.1) is 0 Å². The van der Waals surface area contributed by atoms with Crippen molar-refractivity contribution >= 4 is 27.0 Å². The third-order valence-corrected chi connectivity index (χ3v) is 2.69. The van der Waals surface area contributed by atoms with E-state index in [0.717, 1.165) is 29.2 Å². The van der Waals surface area contributed by atoms with Gasteiger partial charge in [0.15, 0.2) is 0 Å². The summed E-state index contributed by atoms with van der Waals surface area (Å²) in [4.78, 5) is 8.51. The second-order valence-electron chi connectivity index (χ2n) is 3.17. The van der Waals surface area contributed by atoms with Gasteiger partial charge in [-0.3, -0.25) is 9.97 Å². The predicted octanol–water partition coefficient (Wildman–Crippen LogP) is 2.96. The fourth-order valence-electron chi connectivity index (χ4n) is 1.44. The zero-order valence-electron chi connectivity index (χ0n) is 7.78. The van der Waals surface area contributed by atoms with Gasteiger partial charge in [0.25, 0.3) is 0 Å². The molecule has 0 radical (unpaired) electrons. The number of hydrogen-bond donors (Lipinski definition) is 0. The Balaban J connectivity index is 2.32. The summed E-state index contributed by atoms with van der Waals surface area (Å²) in [6.07, 6.45) is 5.71. The maximum absolute atomic E-state index is 4.28. The highest BCUT2D eigenvalue weighted by Crippen LogP contribution is 2.12. The minimum absolute atomic E-state index is 0.968. The largest absolute Gasteiger partial charge is 0.253 e. The van der Waals surface area contributed by atoms with Gasteiger partial charge in [0, 0.05) is 17.7 Å². The summed E-state index contributed by atoms with van der Waals surface area (Å²) in [6, 6.07) is 6.27. The standard InChI is InChI=1S/C11H11BrN2/c12-5-1-2-9-3-4-10-11(8-9)14-7-6-13-10/h3-4,6-8H,1-2,5H2. The topological polar surface area (TPSA) is 25.8 Å². The number of alkyl halides is 1. The van der Waals surface area contributed by atoms with E-state index in [4.69, 9.17) is 0 Å². The monoisotopic (exact) mass is 250 g/mol. The van der Waals surface area contributed by atoms with Crippen LogP contribution in [0.3, 0.4) is 0 Å². The number of hydrogen-bond acceptors (Lipinski definition) is 2. The molecule has 0 atom stereocenters. The summed E-state index contributed by atoms with van der Waals surface area (Å²) in [5, 5.41) is 1.05. The summed E-state index contributed by atoms with van der Waals surface area (Å²) in [6.45, 7) is 0. The van der Waals surface area contributed by atoms with Crippen LogP contribution in [0.2, 0.25) is 0 Å². The molecule has 72 valence electrons. The summed E-state index contributed by atoms with van der Waals surface area (Å²) < 4.78 is 0. The van der Waals surface area contributed by atoms with E-state index in [1.807, 2.05) is 6.07 Å². The molecule has 2 rings (SSSR count). The van der Waals surface area contributed by atoms with Gasteiger partial charge in [0.2, 0.25) is 0 Å². The molecule has 3 heteroatoms. The fourth-order valence-corrected chi connectivity index (χ4v) is 1.72. The first kappa shape index (κ1) is 9.59. The van der Waals surface area contributed by atoms with Gasteiger partial charge in [-0.1, -0.05) is 22.0 Å². The van der Waals surface area contributed by atoms with Crippen molar-refractivity contribution in [1.82, 2.24) is 9.97 Å². The lowest BCUT2D eigenvalue weighted by Crippen LogP contribution is -1.88. The summed E-state index contributed by atoms with van der Waals surface area (Å²) in [5.41, 5.74) is 3.28. The second-order valence-corrected chi connectivity index (χ2v) is 3.96. The number of aromatic nitrogens is 2. The molecule has 0 amide bonds. The van der Waals surface area contributed by atoms with Crippen molar-refractivity contribution in [3.05, 3.63) is 36.2 Å². The molecule has 1 aromatic heterocycles. The van der Waals surface area contributed by atoms with Gasteiger partial charge in [-0.2, -0.15) is 0 Å². The van der Waals surface area contributed by atoms with Crippen LogP contribution in [-0.2, 0) is 6.42 Å². The molecule has 0 saturated heterocycles. The smallest absolute Gasteiger partial charge is 0.0889 e. The first-order valence-electron chi connectivity index (χ1n) is 4.66. The highest BCUT2D eigenvalue weighted by atomic mass is 79.9. The van der Waals surface area contributed by atoms with E-state index in [1.54, 1.807) is 12.4 Å². The van der Waals surface area contributed by atoms with Gasteiger partial charge in [0.1, 0.15) is 0 Å². The Morgan fingerprint density at radius 2 is 1.86 bits per heavy atom. The van der Waals surface area contributed by atoms with Gasteiger partial charge < -0.3 is 0 Å². The first-order valence-corrected chi connectivity index (χ1v) is 5.78. The lowest BCUT2D eigenvalue weighted by molar-refractivity contribution is 0.940. The number of fused-ring (bicyclic) bond motifs is 1. The van der Waals surface area contributed by atoms with Crippen LogP contribution < -0.4 is 0 Å². The lowest BCUT2D eigenvalue weighted by Gasteiger charge is -2.00. The number of nitrogens with zero attached hydrogens (tertiary/aromatic N) is 2. The minimum Gasteiger partial charge on any atom is -0.253 e. The van der Waals surface area contributed by atoms with Crippen LogP contribution in [0.4, 0.5) is 0 Å². The van der Waals surface area contributed by atoms with Crippen molar-refractivity contribution < 1.29 is 0 Å². The van der Waals surface area contributed by atoms with E-state index in [0.29, 0.717) is 0 Å². The predicted molar refractivity (Wildman–Crippen MR) is 61.7 cm³/mol. The van der Waals surface area contributed by atoms with Crippen LogP contribution >= 0.6 is 15.9 Å². The summed E-state index contributed by atoms with van der Waals surface area (Å²) in [7, 11) is 0. The summed E-state index contributed by atoms with van der Waals surface area (Å²) >= 11 is 3.43. The molecule has 0 fully saturated rings. The van der Waals surface area contributed by atoms with Crippen LogP contribution in [-0.4, -0.2) is 15.3 Å². The van der Waals surface area contributed by atoms with E-state index < -0.39 is 0 Å². The Kier molecular flexibility index (Phi) is 3.09. The van der Waals surface area contributed by atoms with E-state index in [1.165, 1.54) is 5.56 Å². The molecule has 14 heavy (non-hydrogen) atoms. The molecule has 0 saturated carbocycles. The average molecular weight is 251 g/mol. The van der Waals surface area contributed by atoms with Crippen molar-refractivity contribution in [3.63, 3.8) is 0 Å². The van der Waals surface area contributed by atoms with Gasteiger partial charge in [-0.05, 0) is 30.5 Å². The zero-order chi connectivity index (χ0) is 9.80. The normalized spacial score (nSPS) is 10.6. The van der Waals surface area contributed by atoms with Crippen molar-refractivity contribution in [1.29, 1.82) is 0 Å². The molecule has 0 aliphatic carbocycles. The van der Waals surface area contributed by atoms with Crippen LogP contribution in [0.5, 0.6) is 0 Å². The second kappa shape index (κ2) is 4.51. The zero-order valence-corrected chi connectivity index (χ0v) is 9.37. The van der Waals surface area contributed by atoms with E-state index in [2.05, 4.69) is 38.0 Å². The van der Waals surface area contributed by atoms with Crippen molar-refractivity contribution in [2.45, 2.75) is 12.8 Å². The molecule has 1 aromatic carbocycles. The molecule has 0 bridgehead atoms. The summed E-state index contributed by atoms with van der Waals surface area (Å²) in [5.74, 6) is 0. The minimum atomic E-state index is 0.968. The average Bonchev–Trinajstić information content (AvgIpc) is 2.26. The molecule has 0 spiro atoms. The van der Waals surface area contributed by atoms with Crippen LogP contribution in [0.1, 0.15) is 12.0 Å². The van der Waals surface area contributed by atoms with E-state index in [-0.39, 0.29) is 0 Å². The van der Waals surface area contributed by atoms with Gasteiger partial charge >= 0.3 is 0 Å². The Labute approximate surface area is 91.5 Å². The van der Waals surface area contributed by atoms with Crippen molar-refractivity contribution in [2.75, 3.05) is 5.33 Å². The molecular weight excluding hydrogens is 240 g/mol. The number of rotatable bonds is 3. The van der Waals surface area contributed by atoms with E-state index in [9.17, 15) is 0 Å². The molecule has 0 aliphatic rings. The molecule has 0 N–H and O–H groups in total. The molecule has 1 heterocycles. The van der Waals surface area contributed by atoms with Crippen LogP contribution in [0, 0.1) is 0 Å². The molecule has 0 unspecified atom stereocenters. The third kappa shape index (κ3) is 2.10. The molecule has 0 aliphatic heterocycles. The lowest BCUT2D eigenvalue weighted by atomic mass is 10.1. The third-order valence-electron chi connectivity index (χ3n) is 2.13. The Bertz CT molecular complexity index is 428. The highest BCUT2D eigenvalue weighted by Gasteiger charge is 1.97. The Morgan fingerprint density at radius 1 is 1.07 bits per heavy atom. The Morgan fingerprint density at radius 3 is 2.64 bits per heavy atom. The number of halogens is 1. The molecular formula is C11H11BrN2. The fraction of sp³-hybridized carbons (Fsp3) is 0.273. The number of aryl methyl sites for hydroxylation is 1. The maximum Gasteiger partial charge on any atom is 0.0889 e. The van der Waals surface area contributed by atoms with Crippen LogP contribution in [0.15, 0.2) is 30.6 Å². The SMILES string of the molecule is BrCCCc1ccc2nccnc2c1. The number of benzene rings is 1. The first-order chi connectivity index (χ1) is 6.90. The van der Waals surface area contributed by atoms with E-state index >= 15 is 0 Å². The molecule has 2 nitrogen and oxygen atoms in total.